The highest BCUT2D eigenvalue weighted by molar-refractivity contribution is 5.94. The van der Waals surface area contributed by atoms with Crippen molar-refractivity contribution in [3.8, 4) is 0 Å². The first kappa shape index (κ1) is 14.1. The molecular weight excluding hydrogens is 240 g/mol. The number of nitrogens with zero attached hydrogens (tertiary/aromatic N) is 1. The summed E-state index contributed by atoms with van der Waals surface area (Å²) in [4.78, 5) is 14.2. The molecule has 1 saturated heterocycles. The highest BCUT2D eigenvalue weighted by atomic mass is 35.5. The van der Waals surface area contributed by atoms with Gasteiger partial charge < -0.3 is 15.1 Å². The second kappa shape index (κ2) is 5.56. The Labute approximate surface area is 108 Å². The van der Waals surface area contributed by atoms with Crippen molar-refractivity contribution in [2.75, 3.05) is 0 Å². The molecule has 2 rings (SSSR count). The van der Waals surface area contributed by atoms with E-state index in [4.69, 9.17) is 10.2 Å². The number of likely N-dealkylation sites (tertiary alicyclic amines) is 1. The summed E-state index contributed by atoms with van der Waals surface area (Å²) < 4.78 is 5.19. The van der Waals surface area contributed by atoms with Crippen LogP contribution in [0.3, 0.4) is 0 Å². The van der Waals surface area contributed by atoms with E-state index < -0.39 is 0 Å². The van der Waals surface area contributed by atoms with Gasteiger partial charge in [-0.05, 0) is 32.8 Å². The zero-order valence-electron chi connectivity index (χ0n) is 10.2. The monoisotopic (exact) mass is 258 g/mol. The Morgan fingerprint density at radius 2 is 2.06 bits per heavy atom. The third-order valence-electron chi connectivity index (χ3n) is 3.29. The van der Waals surface area contributed by atoms with E-state index in [1.165, 1.54) is 6.26 Å². The predicted molar refractivity (Wildman–Crippen MR) is 68.2 cm³/mol. The molecule has 1 aromatic rings. The summed E-state index contributed by atoms with van der Waals surface area (Å²) >= 11 is 0. The molecule has 2 heterocycles. The van der Waals surface area contributed by atoms with Crippen LogP contribution in [0.25, 0.3) is 0 Å². The van der Waals surface area contributed by atoms with Crippen LogP contribution in [0, 0.1) is 0 Å². The van der Waals surface area contributed by atoms with E-state index in [0.29, 0.717) is 30.0 Å². The van der Waals surface area contributed by atoms with E-state index in [1.807, 2.05) is 4.90 Å². The summed E-state index contributed by atoms with van der Waals surface area (Å²) in [5, 5.41) is 0. The van der Waals surface area contributed by atoms with Gasteiger partial charge >= 0.3 is 0 Å². The quantitative estimate of drug-likeness (QED) is 0.885. The van der Waals surface area contributed by atoms with Crippen LogP contribution in [0.1, 0.15) is 42.8 Å². The van der Waals surface area contributed by atoms with E-state index in [9.17, 15) is 4.79 Å². The van der Waals surface area contributed by atoms with Gasteiger partial charge in [-0.2, -0.15) is 0 Å². The Balaban J connectivity index is 0.00000144. The fraction of sp³-hybridized carbons (Fsp3) is 0.583. The average Bonchev–Trinajstić information content (AvgIpc) is 2.85. The molecule has 1 aromatic heterocycles. The zero-order valence-corrected chi connectivity index (χ0v) is 11.0. The number of hydrogen-bond acceptors (Lipinski definition) is 3. The van der Waals surface area contributed by atoms with Crippen LogP contribution in [0.5, 0.6) is 0 Å². The highest BCUT2D eigenvalue weighted by Crippen LogP contribution is 2.26. The molecule has 96 valence electrons. The van der Waals surface area contributed by atoms with Gasteiger partial charge in [-0.1, -0.05) is 0 Å². The lowest BCUT2D eigenvalue weighted by molar-refractivity contribution is 0.0692. The minimum Gasteiger partial charge on any atom is -0.467 e. The highest BCUT2D eigenvalue weighted by Gasteiger charge is 2.32. The molecule has 2 unspecified atom stereocenters. The summed E-state index contributed by atoms with van der Waals surface area (Å²) in [6, 6.07) is 2.37. The van der Waals surface area contributed by atoms with E-state index in [-0.39, 0.29) is 18.3 Å². The molecule has 0 radical (unpaired) electrons. The van der Waals surface area contributed by atoms with Crippen molar-refractivity contribution < 1.29 is 9.21 Å². The Kier molecular flexibility index (Phi) is 4.60. The van der Waals surface area contributed by atoms with Crippen LogP contribution >= 0.6 is 12.4 Å². The normalized spacial score (nSPS) is 23.6. The van der Waals surface area contributed by atoms with Crippen molar-refractivity contribution in [1.82, 2.24) is 4.90 Å². The van der Waals surface area contributed by atoms with E-state index in [1.54, 1.807) is 6.07 Å². The number of carbonyl (C=O) groups is 1. The lowest BCUT2D eigenvalue weighted by Gasteiger charge is -2.25. The molecule has 2 N–H and O–H groups in total. The number of furan rings is 1. The number of amides is 1. The minimum atomic E-state index is 0. The molecule has 1 aliphatic rings. The van der Waals surface area contributed by atoms with Gasteiger partial charge in [0.15, 0.2) is 0 Å². The number of hydrogen-bond donors (Lipinski definition) is 1. The van der Waals surface area contributed by atoms with Crippen molar-refractivity contribution in [3.63, 3.8) is 0 Å². The fourth-order valence-corrected chi connectivity index (χ4v) is 2.34. The van der Waals surface area contributed by atoms with Crippen LogP contribution in [0.15, 0.2) is 16.7 Å². The van der Waals surface area contributed by atoms with Gasteiger partial charge in [0.25, 0.3) is 5.91 Å². The van der Waals surface area contributed by atoms with Gasteiger partial charge in [0.1, 0.15) is 12.0 Å². The third kappa shape index (κ3) is 2.64. The maximum atomic E-state index is 12.2. The lowest BCUT2D eigenvalue weighted by Crippen LogP contribution is -2.38. The Bertz CT molecular complexity index is 382. The molecular formula is C12H19ClN2O2. The third-order valence-corrected chi connectivity index (χ3v) is 3.29. The number of carbonyl (C=O) groups excluding carboxylic acids is 1. The number of rotatable bonds is 2. The fourth-order valence-electron chi connectivity index (χ4n) is 2.34. The lowest BCUT2D eigenvalue weighted by atomic mass is 10.2. The van der Waals surface area contributed by atoms with Crippen molar-refractivity contribution >= 4 is 18.3 Å². The topological polar surface area (TPSA) is 59.5 Å². The molecule has 2 atom stereocenters. The smallest absolute Gasteiger partial charge is 0.257 e. The molecule has 0 saturated carbocycles. The van der Waals surface area contributed by atoms with Crippen molar-refractivity contribution in [1.29, 1.82) is 0 Å². The van der Waals surface area contributed by atoms with Crippen molar-refractivity contribution in [3.05, 3.63) is 23.7 Å². The number of nitrogens with two attached hydrogens (primary N) is 1. The Morgan fingerprint density at radius 1 is 1.47 bits per heavy atom. The minimum absolute atomic E-state index is 0. The Hall–Kier alpha value is -1.00. The number of halogens is 1. The van der Waals surface area contributed by atoms with Crippen LogP contribution in [-0.4, -0.2) is 22.9 Å². The second-order valence-corrected chi connectivity index (χ2v) is 4.49. The van der Waals surface area contributed by atoms with Gasteiger partial charge in [-0.3, -0.25) is 4.79 Å². The second-order valence-electron chi connectivity index (χ2n) is 4.49. The standard InChI is InChI=1S/C12H18N2O2.ClH/c1-8-3-4-9(2)14(8)12(15)10-5-11(6-13)16-7-10;/h5,7-9H,3-4,6,13H2,1-2H3;1H. The van der Waals surface area contributed by atoms with E-state index in [2.05, 4.69) is 13.8 Å². The first-order valence-electron chi connectivity index (χ1n) is 5.73. The molecule has 5 heteroatoms. The van der Waals surface area contributed by atoms with Crippen LogP contribution < -0.4 is 5.73 Å². The average molecular weight is 259 g/mol. The van der Waals surface area contributed by atoms with E-state index in [0.717, 1.165) is 12.8 Å². The predicted octanol–water partition coefficient (Wildman–Crippen LogP) is 2.17. The van der Waals surface area contributed by atoms with E-state index >= 15 is 0 Å². The van der Waals surface area contributed by atoms with Crippen LogP contribution in [0.2, 0.25) is 0 Å². The van der Waals surface area contributed by atoms with Gasteiger partial charge in [0.05, 0.1) is 12.1 Å². The van der Waals surface area contributed by atoms with Crippen LogP contribution in [-0.2, 0) is 6.54 Å². The largest absolute Gasteiger partial charge is 0.467 e. The molecule has 0 spiro atoms. The zero-order chi connectivity index (χ0) is 11.7. The summed E-state index contributed by atoms with van der Waals surface area (Å²) in [5.41, 5.74) is 6.06. The summed E-state index contributed by atoms with van der Waals surface area (Å²) in [7, 11) is 0. The summed E-state index contributed by atoms with van der Waals surface area (Å²) in [6.45, 7) is 4.51. The maximum Gasteiger partial charge on any atom is 0.257 e. The van der Waals surface area contributed by atoms with Crippen molar-refractivity contribution in [2.45, 2.75) is 45.3 Å². The Morgan fingerprint density at radius 3 is 2.53 bits per heavy atom. The van der Waals surface area contributed by atoms with Gasteiger partial charge in [0.2, 0.25) is 0 Å². The summed E-state index contributed by atoms with van der Waals surface area (Å²) in [5.74, 6) is 0.712. The molecule has 4 nitrogen and oxygen atoms in total. The molecule has 0 aromatic carbocycles. The first-order chi connectivity index (χ1) is 7.63. The molecule has 1 aliphatic heterocycles. The molecule has 0 aliphatic carbocycles. The molecule has 1 fully saturated rings. The molecule has 0 bridgehead atoms. The molecule has 17 heavy (non-hydrogen) atoms. The maximum absolute atomic E-state index is 12.2. The van der Waals surface area contributed by atoms with Gasteiger partial charge in [0, 0.05) is 12.1 Å². The van der Waals surface area contributed by atoms with Crippen LogP contribution in [0.4, 0.5) is 0 Å². The van der Waals surface area contributed by atoms with Crippen molar-refractivity contribution in [2.24, 2.45) is 5.73 Å². The first-order valence-corrected chi connectivity index (χ1v) is 5.73. The SMILES string of the molecule is CC1CCC(C)N1C(=O)c1coc(CN)c1.Cl. The van der Waals surface area contributed by atoms with Gasteiger partial charge in [-0.15, -0.1) is 12.4 Å². The van der Waals surface area contributed by atoms with Gasteiger partial charge in [-0.25, -0.2) is 0 Å². The summed E-state index contributed by atoms with van der Waals surface area (Å²) in [6.07, 6.45) is 3.66. The molecule has 1 amide bonds.